The molecule has 0 aliphatic carbocycles. The fraction of sp³-hybridized carbons (Fsp3) is 0.381. The van der Waals surface area contributed by atoms with Gasteiger partial charge in [0.25, 0.3) is 0 Å². The van der Waals surface area contributed by atoms with E-state index in [1.165, 1.54) is 11.4 Å². The molecule has 7 nitrogen and oxygen atoms in total. The van der Waals surface area contributed by atoms with Crippen molar-refractivity contribution in [2.24, 2.45) is 0 Å². The van der Waals surface area contributed by atoms with E-state index in [2.05, 4.69) is 4.90 Å². The summed E-state index contributed by atoms with van der Waals surface area (Å²) in [5, 5.41) is 0. The number of carbonyl (C=O) groups is 1. The molecule has 29 heavy (non-hydrogen) atoms. The van der Waals surface area contributed by atoms with Gasteiger partial charge in [-0.3, -0.25) is 9.11 Å². The van der Waals surface area contributed by atoms with E-state index in [9.17, 15) is 13.6 Å². The number of hydrogen-bond acceptors (Lipinski definition) is 6. The van der Waals surface area contributed by atoms with Gasteiger partial charge in [-0.1, -0.05) is 42.5 Å². The van der Waals surface area contributed by atoms with Crippen LogP contribution in [0.25, 0.3) is 0 Å². The highest BCUT2D eigenvalue weighted by molar-refractivity contribution is 7.76. The van der Waals surface area contributed by atoms with Gasteiger partial charge >= 0.3 is 5.97 Å². The highest BCUT2D eigenvalue weighted by Gasteiger charge is 2.25. The van der Waals surface area contributed by atoms with Gasteiger partial charge in [-0.05, 0) is 23.3 Å². The number of carbonyl (C=O) groups excluding carboxylic acids is 1. The SMILES string of the molecule is COC(=O)c1ccc(CN(CC(c2ccccc2)N2CCOCC2)S(=O)[O-])cc1. The van der Waals surface area contributed by atoms with Crippen LogP contribution in [0.3, 0.4) is 0 Å². The van der Waals surface area contributed by atoms with E-state index >= 15 is 0 Å². The lowest BCUT2D eigenvalue weighted by Gasteiger charge is -2.38. The average molecular weight is 418 g/mol. The minimum absolute atomic E-state index is 0.0626. The number of methoxy groups -OCH3 is 1. The molecule has 0 amide bonds. The maximum atomic E-state index is 12.0. The van der Waals surface area contributed by atoms with Crippen molar-refractivity contribution in [2.45, 2.75) is 12.6 Å². The monoisotopic (exact) mass is 417 g/mol. The number of benzene rings is 2. The van der Waals surface area contributed by atoms with Crippen LogP contribution >= 0.6 is 0 Å². The first-order valence-electron chi connectivity index (χ1n) is 9.47. The second-order valence-corrected chi connectivity index (χ2v) is 7.75. The molecule has 1 heterocycles. The Labute approximate surface area is 173 Å². The highest BCUT2D eigenvalue weighted by Crippen LogP contribution is 2.24. The number of hydrogen-bond donors (Lipinski definition) is 0. The molecule has 2 aromatic carbocycles. The summed E-state index contributed by atoms with van der Waals surface area (Å²) in [5.41, 5.74) is 2.31. The van der Waals surface area contributed by atoms with Crippen molar-refractivity contribution in [1.29, 1.82) is 0 Å². The minimum Gasteiger partial charge on any atom is -0.760 e. The summed E-state index contributed by atoms with van der Waals surface area (Å²) >= 11 is -2.38. The summed E-state index contributed by atoms with van der Waals surface area (Å²) in [6.07, 6.45) is 0. The molecule has 156 valence electrons. The molecule has 0 saturated carbocycles. The number of ether oxygens (including phenoxy) is 2. The van der Waals surface area contributed by atoms with Crippen molar-refractivity contribution in [3.8, 4) is 0 Å². The van der Waals surface area contributed by atoms with E-state index in [0.29, 0.717) is 25.3 Å². The average Bonchev–Trinajstić information content (AvgIpc) is 2.77. The Morgan fingerprint density at radius 1 is 1.17 bits per heavy atom. The van der Waals surface area contributed by atoms with Crippen molar-refractivity contribution in [3.63, 3.8) is 0 Å². The molecule has 0 spiro atoms. The van der Waals surface area contributed by atoms with Gasteiger partial charge in [0.2, 0.25) is 0 Å². The Bertz CT molecular complexity index is 810. The highest BCUT2D eigenvalue weighted by atomic mass is 32.2. The maximum Gasteiger partial charge on any atom is 0.337 e. The van der Waals surface area contributed by atoms with E-state index in [1.807, 2.05) is 30.3 Å². The molecule has 0 N–H and O–H groups in total. The van der Waals surface area contributed by atoms with E-state index in [-0.39, 0.29) is 12.6 Å². The summed E-state index contributed by atoms with van der Waals surface area (Å²) in [4.78, 5) is 13.8. The van der Waals surface area contributed by atoms with E-state index in [1.54, 1.807) is 24.3 Å². The Hall–Kier alpha value is -2.10. The predicted molar refractivity (Wildman–Crippen MR) is 109 cm³/mol. The molecule has 2 atom stereocenters. The normalized spacial score (nSPS) is 17.1. The molecule has 2 aromatic rings. The zero-order chi connectivity index (χ0) is 20.6. The van der Waals surface area contributed by atoms with Crippen LogP contribution in [0.4, 0.5) is 0 Å². The second-order valence-electron chi connectivity index (χ2n) is 6.80. The Kier molecular flexibility index (Phi) is 7.91. The molecular formula is C21H25N2O5S-. The van der Waals surface area contributed by atoms with Crippen LogP contribution in [0, 0.1) is 0 Å². The van der Waals surface area contributed by atoms with Crippen LogP contribution in [-0.2, 0) is 27.3 Å². The molecule has 3 rings (SSSR count). The molecule has 0 bridgehead atoms. The third-order valence-corrected chi connectivity index (χ3v) is 5.69. The zero-order valence-electron chi connectivity index (χ0n) is 16.4. The molecule has 0 radical (unpaired) electrons. The van der Waals surface area contributed by atoms with Crippen LogP contribution in [-0.4, -0.2) is 63.9 Å². The summed E-state index contributed by atoms with van der Waals surface area (Å²) in [6, 6.07) is 16.7. The molecule has 0 aromatic heterocycles. The number of nitrogens with zero attached hydrogens (tertiary/aromatic N) is 2. The van der Waals surface area contributed by atoms with Crippen LogP contribution in [0.1, 0.15) is 27.5 Å². The Morgan fingerprint density at radius 3 is 2.41 bits per heavy atom. The van der Waals surface area contributed by atoms with Crippen LogP contribution in [0.15, 0.2) is 54.6 Å². The third-order valence-electron chi connectivity index (χ3n) is 4.99. The lowest BCUT2D eigenvalue weighted by Crippen LogP contribution is -2.44. The molecule has 2 unspecified atom stereocenters. The smallest absolute Gasteiger partial charge is 0.337 e. The lowest BCUT2D eigenvalue weighted by molar-refractivity contribution is 0.0120. The zero-order valence-corrected chi connectivity index (χ0v) is 17.2. The van der Waals surface area contributed by atoms with Crippen LogP contribution < -0.4 is 0 Å². The summed E-state index contributed by atoms with van der Waals surface area (Å²) < 4.78 is 35.5. The third kappa shape index (κ3) is 5.94. The van der Waals surface area contributed by atoms with Gasteiger partial charge in [-0.15, -0.1) is 0 Å². The van der Waals surface area contributed by atoms with Crippen molar-refractivity contribution >= 4 is 17.2 Å². The largest absolute Gasteiger partial charge is 0.760 e. The van der Waals surface area contributed by atoms with Gasteiger partial charge in [-0.2, -0.15) is 0 Å². The number of esters is 1. The summed E-state index contributed by atoms with van der Waals surface area (Å²) in [6.45, 7) is 3.35. The standard InChI is InChI=1S/C21H26N2O5S/c1-27-21(24)19-9-7-17(8-10-19)15-23(29(25)26)16-20(18-5-3-2-4-6-18)22-11-13-28-14-12-22/h2-10,20H,11-16H2,1H3,(H,25,26)/p-1. The molecule has 1 aliphatic rings. The molecule has 1 fully saturated rings. The van der Waals surface area contributed by atoms with Gasteiger partial charge in [0.1, 0.15) is 0 Å². The molecular weight excluding hydrogens is 392 g/mol. The minimum atomic E-state index is -2.38. The predicted octanol–water partition coefficient (Wildman–Crippen LogP) is 2.14. The van der Waals surface area contributed by atoms with Crippen molar-refractivity contribution in [2.75, 3.05) is 40.0 Å². The topological polar surface area (TPSA) is 82.1 Å². The summed E-state index contributed by atoms with van der Waals surface area (Å²) in [7, 11) is 1.33. The van der Waals surface area contributed by atoms with Crippen molar-refractivity contribution in [3.05, 3.63) is 71.3 Å². The van der Waals surface area contributed by atoms with E-state index in [0.717, 1.165) is 24.2 Å². The van der Waals surface area contributed by atoms with Gasteiger partial charge < -0.3 is 14.0 Å². The fourth-order valence-electron chi connectivity index (χ4n) is 3.43. The first-order chi connectivity index (χ1) is 14.1. The van der Waals surface area contributed by atoms with Gasteiger partial charge in [0.05, 0.1) is 25.9 Å². The first-order valence-corrected chi connectivity index (χ1v) is 10.5. The first kappa shape index (κ1) is 21.6. The molecule has 8 heteroatoms. The van der Waals surface area contributed by atoms with Gasteiger partial charge in [0.15, 0.2) is 0 Å². The van der Waals surface area contributed by atoms with Crippen LogP contribution in [0.5, 0.6) is 0 Å². The molecule has 1 saturated heterocycles. The Morgan fingerprint density at radius 2 is 1.83 bits per heavy atom. The van der Waals surface area contributed by atoms with Crippen molar-refractivity contribution < 1.29 is 23.0 Å². The van der Waals surface area contributed by atoms with E-state index < -0.39 is 17.2 Å². The van der Waals surface area contributed by atoms with Crippen LogP contribution in [0.2, 0.25) is 0 Å². The number of rotatable bonds is 8. The number of morpholine rings is 1. The quantitative estimate of drug-likeness (QED) is 0.484. The van der Waals surface area contributed by atoms with Gasteiger partial charge in [0, 0.05) is 43.5 Å². The lowest BCUT2D eigenvalue weighted by atomic mass is 10.0. The molecule has 1 aliphatic heterocycles. The van der Waals surface area contributed by atoms with Crippen molar-refractivity contribution in [1.82, 2.24) is 9.21 Å². The fourth-order valence-corrected chi connectivity index (χ4v) is 3.95. The summed E-state index contributed by atoms with van der Waals surface area (Å²) in [5.74, 6) is -0.419. The van der Waals surface area contributed by atoms with E-state index in [4.69, 9.17) is 9.47 Å². The maximum absolute atomic E-state index is 12.0. The van der Waals surface area contributed by atoms with Gasteiger partial charge in [-0.25, -0.2) is 9.10 Å². The Balaban J connectivity index is 1.77. The second kappa shape index (κ2) is 10.6.